The largest absolute Gasteiger partial charge is 0.493 e. The molecule has 0 saturated heterocycles. The minimum atomic E-state index is -0.645. The van der Waals surface area contributed by atoms with Crippen LogP contribution >= 0.6 is 11.8 Å². The minimum Gasteiger partial charge on any atom is -0.493 e. The van der Waals surface area contributed by atoms with Crippen molar-refractivity contribution in [2.75, 3.05) is 39.1 Å². The lowest BCUT2D eigenvalue weighted by Gasteiger charge is -2.14. The number of thioether (sulfide) groups is 1. The molecule has 33 heavy (non-hydrogen) atoms. The maximum Gasteiger partial charge on any atom is 0.413 e. The van der Waals surface area contributed by atoms with Crippen LogP contribution in [-0.4, -0.2) is 55.6 Å². The maximum atomic E-state index is 12.8. The number of aromatic amines is 1. The van der Waals surface area contributed by atoms with E-state index < -0.39 is 6.09 Å². The summed E-state index contributed by atoms with van der Waals surface area (Å²) in [7, 11) is 5.78. The number of amides is 2. The number of carbonyl (C=O) groups excluding carboxylic acids is 2. The number of aromatic nitrogens is 3. The summed E-state index contributed by atoms with van der Waals surface area (Å²) in [6.45, 7) is 0. The molecule has 11 nitrogen and oxygen atoms in total. The Morgan fingerprint density at radius 1 is 1.00 bits per heavy atom. The number of carbonyl (C=O) groups is 2. The number of nitrogens with one attached hydrogen (secondary N) is 3. The molecule has 0 aliphatic rings. The standard InChI is InChI=1S/C21H23N5O6S/c1-29-15-9-14(10-16(30-2)17(15)31-3)22-18(27)13-7-5-6-12(8-13)11-33-20-23-19(25-26-20)24-21(28)32-4/h5-10H,11H2,1-4H3,(H,22,27)(H2,23,24,25,26,28). The van der Waals surface area contributed by atoms with Crippen molar-refractivity contribution in [1.29, 1.82) is 0 Å². The zero-order valence-corrected chi connectivity index (χ0v) is 19.2. The summed E-state index contributed by atoms with van der Waals surface area (Å²) < 4.78 is 20.5. The number of benzene rings is 2. The fraction of sp³-hybridized carbons (Fsp3) is 0.238. The second-order valence-electron chi connectivity index (χ2n) is 6.44. The molecule has 0 bridgehead atoms. The summed E-state index contributed by atoms with van der Waals surface area (Å²) in [4.78, 5) is 28.2. The van der Waals surface area contributed by atoms with Gasteiger partial charge in [-0.25, -0.2) is 9.89 Å². The molecule has 2 amide bonds. The summed E-state index contributed by atoms with van der Waals surface area (Å²) in [5, 5.41) is 12.3. The smallest absolute Gasteiger partial charge is 0.413 e. The van der Waals surface area contributed by atoms with Crippen molar-refractivity contribution in [3.8, 4) is 17.2 Å². The molecule has 174 valence electrons. The zero-order valence-electron chi connectivity index (χ0n) is 18.4. The lowest BCUT2D eigenvalue weighted by atomic mass is 10.1. The number of ether oxygens (including phenoxy) is 4. The van der Waals surface area contributed by atoms with Gasteiger partial charge in [0.2, 0.25) is 16.9 Å². The number of hydrogen-bond acceptors (Lipinski definition) is 9. The molecule has 0 spiro atoms. The lowest BCUT2D eigenvalue weighted by Crippen LogP contribution is -2.12. The van der Waals surface area contributed by atoms with E-state index >= 15 is 0 Å². The third-order valence-corrected chi connectivity index (χ3v) is 5.27. The molecular weight excluding hydrogens is 450 g/mol. The number of hydrogen-bond donors (Lipinski definition) is 3. The van der Waals surface area contributed by atoms with Gasteiger partial charge in [-0.05, 0) is 17.7 Å². The van der Waals surface area contributed by atoms with Crippen molar-refractivity contribution in [2.45, 2.75) is 10.9 Å². The quantitative estimate of drug-likeness (QED) is 0.398. The van der Waals surface area contributed by atoms with Crippen LogP contribution < -0.4 is 24.8 Å². The van der Waals surface area contributed by atoms with Crippen LogP contribution in [0.1, 0.15) is 15.9 Å². The highest BCUT2D eigenvalue weighted by molar-refractivity contribution is 7.98. The van der Waals surface area contributed by atoms with Gasteiger partial charge < -0.3 is 24.3 Å². The Hall–Kier alpha value is -3.93. The van der Waals surface area contributed by atoms with Gasteiger partial charge in [0.25, 0.3) is 5.91 Å². The fourth-order valence-corrected chi connectivity index (χ4v) is 3.56. The van der Waals surface area contributed by atoms with E-state index in [4.69, 9.17) is 14.2 Å². The van der Waals surface area contributed by atoms with E-state index in [-0.39, 0.29) is 11.9 Å². The maximum absolute atomic E-state index is 12.8. The topological polar surface area (TPSA) is 137 Å². The van der Waals surface area contributed by atoms with Crippen molar-refractivity contribution in [2.24, 2.45) is 0 Å². The van der Waals surface area contributed by atoms with Gasteiger partial charge in [0.1, 0.15) is 0 Å². The molecule has 2 aromatic carbocycles. The highest BCUT2D eigenvalue weighted by Crippen LogP contribution is 2.40. The fourth-order valence-electron chi connectivity index (χ4n) is 2.82. The monoisotopic (exact) mass is 473 g/mol. The molecule has 0 fully saturated rings. The van der Waals surface area contributed by atoms with E-state index in [2.05, 4.69) is 30.6 Å². The predicted octanol–water partition coefficient (Wildman–Crippen LogP) is 3.55. The first kappa shape index (κ1) is 23.7. The van der Waals surface area contributed by atoms with E-state index in [1.807, 2.05) is 6.07 Å². The van der Waals surface area contributed by atoms with Gasteiger partial charge >= 0.3 is 6.09 Å². The normalized spacial score (nSPS) is 10.3. The molecule has 1 heterocycles. The van der Waals surface area contributed by atoms with Crippen LogP contribution in [0.15, 0.2) is 41.6 Å². The molecule has 3 N–H and O–H groups in total. The van der Waals surface area contributed by atoms with Crippen LogP contribution in [-0.2, 0) is 10.5 Å². The molecule has 0 radical (unpaired) electrons. The van der Waals surface area contributed by atoms with Crippen LogP contribution in [0, 0.1) is 0 Å². The van der Waals surface area contributed by atoms with Crippen LogP contribution in [0.4, 0.5) is 16.4 Å². The first-order valence-corrected chi connectivity index (χ1v) is 10.6. The molecule has 0 saturated carbocycles. The second-order valence-corrected chi connectivity index (χ2v) is 7.38. The summed E-state index contributed by atoms with van der Waals surface area (Å²) >= 11 is 1.34. The molecule has 12 heteroatoms. The van der Waals surface area contributed by atoms with Crippen LogP contribution in [0.2, 0.25) is 0 Å². The molecule has 1 aromatic heterocycles. The Balaban J connectivity index is 1.67. The number of H-pyrrole nitrogens is 1. The van der Waals surface area contributed by atoms with Crippen molar-refractivity contribution >= 4 is 35.4 Å². The summed E-state index contributed by atoms with van der Waals surface area (Å²) in [5.41, 5.74) is 1.87. The third kappa shape index (κ3) is 6.07. The number of methoxy groups -OCH3 is 4. The minimum absolute atomic E-state index is 0.183. The first-order valence-electron chi connectivity index (χ1n) is 9.57. The highest BCUT2D eigenvalue weighted by atomic mass is 32.2. The van der Waals surface area contributed by atoms with Crippen LogP contribution in [0.3, 0.4) is 0 Å². The Labute approximate surface area is 194 Å². The van der Waals surface area contributed by atoms with E-state index in [1.54, 1.807) is 30.3 Å². The Kier molecular flexibility index (Phi) is 7.97. The van der Waals surface area contributed by atoms with Crippen molar-refractivity contribution in [1.82, 2.24) is 15.2 Å². The van der Waals surface area contributed by atoms with E-state index in [0.29, 0.717) is 39.4 Å². The summed E-state index contributed by atoms with van der Waals surface area (Å²) in [5.74, 6) is 1.71. The average Bonchev–Trinajstić information content (AvgIpc) is 3.29. The Morgan fingerprint density at radius 3 is 2.36 bits per heavy atom. The number of rotatable bonds is 9. The van der Waals surface area contributed by atoms with Crippen molar-refractivity contribution < 1.29 is 28.5 Å². The van der Waals surface area contributed by atoms with E-state index in [1.165, 1.54) is 40.2 Å². The van der Waals surface area contributed by atoms with Gasteiger partial charge in [-0.1, -0.05) is 23.9 Å². The third-order valence-electron chi connectivity index (χ3n) is 4.35. The summed E-state index contributed by atoms with van der Waals surface area (Å²) in [6.07, 6.45) is -0.645. The first-order chi connectivity index (χ1) is 16.0. The molecule has 0 aliphatic heterocycles. The molecule has 3 aromatic rings. The van der Waals surface area contributed by atoms with E-state index in [0.717, 1.165) is 5.56 Å². The molecule has 0 unspecified atom stereocenters. The lowest BCUT2D eigenvalue weighted by molar-refractivity contribution is 0.102. The molecular formula is C21H23N5O6S. The summed E-state index contributed by atoms with van der Waals surface area (Å²) in [6, 6.07) is 10.5. The highest BCUT2D eigenvalue weighted by Gasteiger charge is 2.15. The second kappa shape index (κ2) is 11.1. The van der Waals surface area contributed by atoms with Gasteiger partial charge in [-0.2, -0.15) is 4.98 Å². The van der Waals surface area contributed by atoms with Gasteiger partial charge in [0, 0.05) is 29.1 Å². The van der Waals surface area contributed by atoms with E-state index in [9.17, 15) is 9.59 Å². The molecule has 3 rings (SSSR count). The SMILES string of the molecule is COC(=O)Nc1nc(SCc2cccc(C(=O)Nc3cc(OC)c(OC)c(OC)c3)c2)n[nH]1. The van der Waals surface area contributed by atoms with Crippen molar-refractivity contribution in [3.05, 3.63) is 47.5 Å². The molecule has 0 aliphatic carbocycles. The number of nitrogens with zero attached hydrogens (tertiary/aromatic N) is 2. The number of anilines is 2. The Morgan fingerprint density at radius 2 is 1.73 bits per heavy atom. The average molecular weight is 474 g/mol. The van der Waals surface area contributed by atoms with Crippen LogP contribution in [0.5, 0.6) is 17.2 Å². The zero-order chi connectivity index (χ0) is 23.8. The van der Waals surface area contributed by atoms with Gasteiger partial charge in [0.05, 0.1) is 28.4 Å². The van der Waals surface area contributed by atoms with Crippen LogP contribution in [0.25, 0.3) is 0 Å². The Bertz CT molecular complexity index is 1110. The van der Waals surface area contributed by atoms with Gasteiger partial charge in [-0.3, -0.25) is 10.1 Å². The predicted molar refractivity (Wildman–Crippen MR) is 122 cm³/mol. The molecule has 0 atom stereocenters. The van der Waals surface area contributed by atoms with Crippen molar-refractivity contribution in [3.63, 3.8) is 0 Å². The van der Waals surface area contributed by atoms with Gasteiger partial charge in [0.15, 0.2) is 11.5 Å². The van der Waals surface area contributed by atoms with Gasteiger partial charge in [-0.15, -0.1) is 5.10 Å².